The van der Waals surface area contributed by atoms with Crippen LogP contribution in [0.4, 0.5) is 0 Å². The van der Waals surface area contributed by atoms with Crippen LogP contribution in [-0.4, -0.2) is 33.4 Å². The van der Waals surface area contributed by atoms with Crippen LogP contribution in [0.25, 0.3) is 0 Å². The number of aromatic nitrogens is 2. The van der Waals surface area contributed by atoms with E-state index in [4.69, 9.17) is 0 Å². The van der Waals surface area contributed by atoms with Crippen LogP contribution < -0.4 is 0 Å². The molecule has 4 rings (SSSR count). The molecule has 3 aliphatic rings. The minimum Gasteiger partial charge on any atom is -0.340 e. The predicted molar refractivity (Wildman–Crippen MR) is 81.1 cm³/mol. The SMILES string of the molecule is Cc1cnc(C2CC2)n1C1CCN(C(=O)C2CCCC2)C1. The van der Waals surface area contributed by atoms with Gasteiger partial charge in [0, 0.05) is 36.8 Å². The molecule has 0 N–H and O–H groups in total. The second-order valence-corrected chi connectivity index (χ2v) is 7.11. The number of carbonyl (C=O) groups is 1. The van der Waals surface area contributed by atoms with Crippen molar-refractivity contribution in [3.63, 3.8) is 0 Å². The summed E-state index contributed by atoms with van der Waals surface area (Å²) in [4.78, 5) is 19.3. The van der Waals surface area contributed by atoms with E-state index in [0.29, 0.717) is 23.8 Å². The van der Waals surface area contributed by atoms with Gasteiger partial charge in [0.2, 0.25) is 5.91 Å². The molecule has 1 unspecified atom stereocenters. The number of hydrogen-bond donors (Lipinski definition) is 0. The molecule has 4 nitrogen and oxygen atoms in total. The van der Waals surface area contributed by atoms with E-state index >= 15 is 0 Å². The molecule has 1 aliphatic heterocycles. The van der Waals surface area contributed by atoms with Gasteiger partial charge in [-0.05, 0) is 39.0 Å². The number of carbonyl (C=O) groups excluding carboxylic acids is 1. The van der Waals surface area contributed by atoms with Gasteiger partial charge in [0.05, 0.1) is 6.04 Å². The van der Waals surface area contributed by atoms with Crippen molar-refractivity contribution < 1.29 is 4.79 Å². The lowest BCUT2D eigenvalue weighted by atomic mass is 10.1. The van der Waals surface area contributed by atoms with Crippen molar-refractivity contribution in [3.05, 3.63) is 17.7 Å². The molecule has 2 heterocycles. The van der Waals surface area contributed by atoms with Crippen LogP contribution in [0.5, 0.6) is 0 Å². The van der Waals surface area contributed by atoms with Gasteiger partial charge in [-0.2, -0.15) is 0 Å². The Morgan fingerprint density at radius 3 is 2.67 bits per heavy atom. The van der Waals surface area contributed by atoms with E-state index in [1.54, 1.807) is 0 Å². The van der Waals surface area contributed by atoms with Gasteiger partial charge in [-0.3, -0.25) is 4.79 Å². The summed E-state index contributed by atoms with van der Waals surface area (Å²) in [7, 11) is 0. The lowest BCUT2D eigenvalue weighted by molar-refractivity contribution is -0.134. The Balaban J connectivity index is 1.48. The number of aryl methyl sites for hydroxylation is 1. The van der Waals surface area contributed by atoms with Gasteiger partial charge >= 0.3 is 0 Å². The Kier molecular flexibility index (Phi) is 3.27. The number of imidazole rings is 1. The van der Waals surface area contributed by atoms with Crippen molar-refractivity contribution >= 4 is 5.91 Å². The molecule has 0 radical (unpaired) electrons. The largest absolute Gasteiger partial charge is 0.340 e. The van der Waals surface area contributed by atoms with E-state index in [-0.39, 0.29) is 0 Å². The van der Waals surface area contributed by atoms with E-state index < -0.39 is 0 Å². The molecule has 2 saturated carbocycles. The van der Waals surface area contributed by atoms with E-state index in [2.05, 4.69) is 21.4 Å². The third-order valence-electron chi connectivity index (χ3n) is 5.50. The Bertz CT molecular complexity index is 540. The van der Waals surface area contributed by atoms with E-state index in [0.717, 1.165) is 32.4 Å². The second-order valence-electron chi connectivity index (χ2n) is 7.11. The fraction of sp³-hybridized carbons (Fsp3) is 0.765. The van der Waals surface area contributed by atoms with Crippen LogP contribution in [0.3, 0.4) is 0 Å². The van der Waals surface area contributed by atoms with Crippen LogP contribution in [0.1, 0.15) is 68.4 Å². The topological polar surface area (TPSA) is 38.1 Å². The van der Waals surface area contributed by atoms with Gasteiger partial charge in [0.15, 0.2) is 0 Å². The summed E-state index contributed by atoms with van der Waals surface area (Å²) in [6.45, 7) is 3.98. The molecule has 0 aromatic carbocycles. The van der Waals surface area contributed by atoms with Gasteiger partial charge in [-0.15, -0.1) is 0 Å². The smallest absolute Gasteiger partial charge is 0.225 e. The summed E-state index contributed by atoms with van der Waals surface area (Å²) in [6.07, 6.45) is 10.4. The van der Waals surface area contributed by atoms with Gasteiger partial charge < -0.3 is 9.47 Å². The average Bonchev–Trinajstić information content (AvgIpc) is 2.94. The molecule has 114 valence electrons. The molecule has 0 bridgehead atoms. The van der Waals surface area contributed by atoms with E-state index in [1.807, 2.05) is 6.20 Å². The van der Waals surface area contributed by atoms with Crippen molar-refractivity contribution in [2.75, 3.05) is 13.1 Å². The first-order valence-corrected chi connectivity index (χ1v) is 8.56. The van der Waals surface area contributed by atoms with Crippen LogP contribution in [0.15, 0.2) is 6.20 Å². The van der Waals surface area contributed by atoms with Crippen molar-refractivity contribution in [1.29, 1.82) is 0 Å². The molecule has 3 fully saturated rings. The monoisotopic (exact) mass is 287 g/mol. The molecule has 2 aliphatic carbocycles. The molecule has 1 aromatic rings. The zero-order valence-corrected chi connectivity index (χ0v) is 12.9. The third-order valence-corrected chi connectivity index (χ3v) is 5.50. The van der Waals surface area contributed by atoms with E-state index in [9.17, 15) is 4.79 Å². The highest BCUT2D eigenvalue weighted by molar-refractivity contribution is 5.79. The Hall–Kier alpha value is -1.32. The molecular formula is C17H25N3O. The summed E-state index contributed by atoms with van der Waals surface area (Å²) in [5, 5.41) is 0. The first kappa shape index (κ1) is 13.4. The summed E-state index contributed by atoms with van der Waals surface area (Å²) < 4.78 is 2.43. The molecular weight excluding hydrogens is 262 g/mol. The first-order chi connectivity index (χ1) is 10.2. The van der Waals surface area contributed by atoms with Gasteiger partial charge in [0.25, 0.3) is 0 Å². The number of rotatable bonds is 3. The zero-order valence-electron chi connectivity index (χ0n) is 12.9. The average molecular weight is 287 g/mol. The fourth-order valence-corrected chi connectivity index (χ4v) is 4.17. The summed E-state index contributed by atoms with van der Waals surface area (Å²) in [5.74, 6) is 2.68. The predicted octanol–water partition coefficient (Wildman–Crippen LogP) is 3.03. The quantitative estimate of drug-likeness (QED) is 0.857. The van der Waals surface area contributed by atoms with Gasteiger partial charge in [0.1, 0.15) is 5.82 Å². The van der Waals surface area contributed by atoms with Crippen molar-refractivity contribution in [3.8, 4) is 0 Å². The highest BCUT2D eigenvalue weighted by atomic mass is 16.2. The maximum absolute atomic E-state index is 12.6. The summed E-state index contributed by atoms with van der Waals surface area (Å²) in [6, 6.07) is 0.452. The third kappa shape index (κ3) is 2.39. The number of amides is 1. The number of nitrogens with zero attached hydrogens (tertiary/aromatic N) is 3. The van der Waals surface area contributed by atoms with Gasteiger partial charge in [-0.1, -0.05) is 12.8 Å². The Morgan fingerprint density at radius 2 is 1.95 bits per heavy atom. The molecule has 1 atom stereocenters. The first-order valence-electron chi connectivity index (χ1n) is 8.56. The number of hydrogen-bond acceptors (Lipinski definition) is 2. The summed E-state index contributed by atoms with van der Waals surface area (Å²) >= 11 is 0. The second kappa shape index (κ2) is 5.15. The molecule has 1 saturated heterocycles. The minimum absolute atomic E-state index is 0.315. The zero-order chi connectivity index (χ0) is 14.4. The molecule has 21 heavy (non-hydrogen) atoms. The van der Waals surface area contributed by atoms with Crippen molar-refractivity contribution in [1.82, 2.24) is 14.5 Å². The highest BCUT2D eigenvalue weighted by Gasteiger charge is 2.36. The lowest BCUT2D eigenvalue weighted by Crippen LogP contribution is -2.33. The molecule has 1 amide bonds. The maximum atomic E-state index is 12.6. The standard InChI is InChI=1S/C17H25N3O/c1-12-10-18-16(13-6-7-13)20(12)15-8-9-19(11-15)17(21)14-4-2-3-5-14/h10,13-15H,2-9,11H2,1H3. The molecule has 0 spiro atoms. The van der Waals surface area contributed by atoms with Crippen LogP contribution in [0, 0.1) is 12.8 Å². The van der Waals surface area contributed by atoms with Gasteiger partial charge in [-0.25, -0.2) is 4.98 Å². The van der Waals surface area contributed by atoms with Crippen LogP contribution in [0.2, 0.25) is 0 Å². The maximum Gasteiger partial charge on any atom is 0.225 e. The minimum atomic E-state index is 0.315. The Morgan fingerprint density at radius 1 is 1.19 bits per heavy atom. The van der Waals surface area contributed by atoms with E-state index in [1.165, 1.54) is 37.2 Å². The van der Waals surface area contributed by atoms with Crippen LogP contribution >= 0.6 is 0 Å². The Labute approximate surface area is 126 Å². The van der Waals surface area contributed by atoms with Crippen LogP contribution in [-0.2, 0) is 4.79 Å². The summed E-state index contributed by atoms with van der Waals surface area (Å²) in [5.41, 5.74) is 1.26. The highest BCUT2D eigenvalue weighted by Crippen LogP contribution is 2.41. The van der Waals surface area contributed by atoms with Crippen molar-refractivity contribution in [2.24, 2.45) is 5.92 Å². The molecule has 1 aromatic heterocycles. The molecule has 4 heteroatoms. The normalized spacial score (nSPS) is 26.7. The fourth-order valence-electron chi connectivity index (χ4n) is 4.17. The number of likely N-dealkylation sites (tertiary alicyclic amines) is 1. The van der Waals surface area contributed by atoms with Crippen molar-refractivity contribution in [2.45, 2.75) is 63.8 Å². The lowest BCUT2D eigenvalue weighted by Gasteiger charge is -2.22.